The van der Waals surface area contributed by atoms with E-state index in [0.29, 0.717) is 13.2 Å². The van der Waals surface area contributed by atoms with Crippen LogP contribution in [0.3, 0.4) is 0 Å². The van der Waals surface area contributed by atoms with Crippen molar-refractivity contribution in [1.29, 1.82) is 0 Å². The van der Waals surface area contributed by atoms with Crippen LogP contribution >= 0.6 is 15.9 Å². The van der Waals surface area contributed by atoms with Gasteiger partial charge in [0.15, 0.2) is 11.5 Å². The Labute approximate surface area is 136 Å². The number of rotatable bonds is 9. The molecule has 0 amide bonds. The average Bonchev–Trinajstić information content (AvgIpc) is 2.42. The van der Waals surface area contributed by atoms with E-state index in [0.717, 1.165) is 34.5 Å². The minimum absolute atomic E-state index is 0.190. The van der Waals surface area contributed by atoms with Crippen molar-refractivity contribution < 1.29 is 14.2 Å². The molecule has 0 aromatic heterocycles. The van der Waals surface area contributed by atoms with Crippen LogP contribution in [0.25, 0.3) is 0 Å². The third-order valence-corrected chi connectivity index (χ3v) is 3.84. The average molecular weight is 360 g/mol. The molecule has 5 heteroatoms. The van der Waals surface area contributed by atoms with E-state index in [1.165, 1.54) is 0 Å². The lowest BCUT2D eigenvalue weighted by Gasteiger charge is -2.23. The lowest BCUT2D eigenvalue weighted by atomic mass is 10.1. The van der Waals surface area contributed by atoms with Gasteiger partial charge >= 0.3 is 0 Å². The van der Waals surface area contributed by atoms with Crippen molar-refractivity contribution in [1.82, 2.24) is 5.32 Å². The van der Waals surface area contributed by atoms with E-state index in [4.69, 9.17) is 14.2 Å². The number of benzene rings is 1. The molecular weight excluding hydrogens is 334 g/mol. The predicted octanol–water partition coefficient (Wildman–Crippen LogP) is 3.76. The van der Waals surface area contributed by atoms with Crippen LogP contribution in [0.4, 0.5) is 0 Å². The maximum Gasteiger partial charge on any atom is 0.175 e. The summed E-state index contributed by atoms with van der Waals surface area (Å²) in [5, 5.41) is 3.14. The largest absolute Gasteiger partial charge is 0.490 e. The van der Waals surface area contributed by atoms with Gasteiger partial charge in [0.1, 0.15) is 0 Å². The third kappa shape index (κ3) is 5.85. The minimum Gasteiger partial charge on any atom is -0.490 e. The highest BCUT2D eigenvalue weighted by Crippen LogP contribution is 2.37. The van der Waals surface area contributed by atoms with Crippen LogP contribution in [0.5, 0.6) is 11.5 Å². The number of methoxy groups -OCH3 is 1. The van der Waals surface area contributed by atoms with Gasteiger partial charge in [0.25, 0.3) is 0 Å². The molecule has 0 aliphatic rings. The molecule has 0 heterocycles. The Kier molecular flexibility index (Phi) is 7.49. The monoisotopic (exact) mass is 359 g/mol. The molecule has 0 radical (unpaired) electrons. The molecule has 0 unspecified atom stereocenters. The van der Waals surface area contributed by atoms with Gasteiger partial charge < -0.3 is 19.5 Å². The van der Waals surface area contributed by atoms with Crippen molar-refractivity contribution in [2.75, 3.05) is 27.4 Å². The first-order valence-corrected chi connectivity index (χ1v) is 8.00. The molecule has 1 rings (SSSR count). The fraction of sp³-hybridized carbons (Fsp3) is 0.625. The molecular formula is C16H26BrNO3. The zero-order valence-corrected chi connectivity index (χ0v) is 15.2. The Bertz CT molecular complexity index is 449. The molecule has 1 aromatic rings. The summed E-state index contributed by atoms with van der Waals surface area (Å²) in [6.45, 7) is 8.03. The second kappa shape index (κ2) is 8.61. The van der Waals surface area contributed by atoms with Crippen LogP contribution in [-0.4, -0.2) is 33.0 Å². The highest BCUT2D eigenvalue weighted by Gasteiger charge is 2.18. The molecule has 0 aliphatic carbocycles. The summed E-state index contributed by atoms with van der Waals surface area (Å²) in [5.41, 5.74) is 0.960. The zero-order chi connectivity index (χ0) is 15.9. The second-order valence-electron chi connectivity index (χ2n) is 5.43. The molecule has 21 heavy (non-hydrogen) atoms. The number of hydrogen-bond donors (Lipinski definition) is 1. The summed E-state index contributed by atoms with van der Waals surface area (Å²) in [6, 6.07) is 4.07. The highest BCUT2D eigenvalue weighted by atomic mass is 79.9. The van der Waals surface area contributed by atoms with E-state index >= 15 is 0 Å². The number of halogens is 1. The smallest absolute Gasteiger partial charge is 0.175 e. The zero-order valence-electron chi connectivity index (χ0n) is 13.6. The van der Waals surface area contributed by atoms with Crippen molar-refractivity contribution in [3.05, 3.63) is 22.2 Å². The molecule has 0 atom stereocenters. The Morgan fingerprint density at radius 1 is 1.24 bits per heavy atom. The van der Waals surface area contributed by atoms with Crippen molar-refractivity contribution in [2.45, 2.75) is 39.3 Å². The first kappa shape index (κ1) is 18.3. The Morgan fingerprint density at radius 2 is 1.95 bits per heavy atom. The molecule has 0 saturated heterocycles. The maximum absolute atomic E-state index is 5.92. The van der Waals surface area contributed by atoms with E-state index in [9.17, 15) is 0 Å². The lowest BCUT2D eigenvalue weighted by Crippen LogP contribution is -2.25. The molecule has 120 valence electrons. The molecule has 1 aromatic carbocycles. The van der Waals surface area contributed by atoms with Crippen LogP contribution in [0.1, 0.15) is 32.8 Å². The molecule has 0 saturated carbocycles. The lowest BCUT2D eigenvalue weighted by molar-refractivity contribution is 0.00514. The van der Waals surface area contributed by atoms with E-state index in [2.05, 4.69) is 27.3 Å². The fourth-order valence-electron chi connectivity index (χ4n) is 1.83. The van der Waals surface area contributed by atoms with Crippen molar-refractivity contribution in [3.63, 3.8) is 0 Å². The normalized spacial score (nSPS) is 11.5. The van der Waals surface area contributed by atoms with Gasteiger partial charge in [0.2, 0.25) is 0 Å². The van der Waals surface area contributed by atoms with Gasteiger partial charge in [-0.05, 0) is 61.4 Å². The summed E-state index contributed by atoms with van der Waals surface area (Å²) in [6.07, 6.45) is 0.805. The first-order chi connectivity index (χ1) is 9.93. The van der Waals surface area contributed by atoms with Gasteiger partial charge in [-0.15, -0.1) is 0 Å². The van der Waals surface area contributed by atoms with Crippen molar-refractivity contribution >= 4 is 15.9 Å². The maximum atomic E-state index is 5.92. The van der Waals surface area contributed by atoms with E-state index < -0.39 is 0 Å². The van der Waals surface area contributed by atoms with E-state index in [-0.39, 0.29) is 5.60 Å². The Hall–Kier alpha value is -0.780. The van der Waals surface area contributed by atoms with Gasteiger partial charge in [0, 0.05) is 20.1 Å². The molecule has 1 N–H and O–H groups in total. The van der Waals surface area contributed by atoms with Gasteiger partial charge in [-0.1, -0.05) is 0 Å². The first-order valence-electron chi connectivity index (χ1n) is 7.21. The SMILES string of the molecule is CCOc1cc(CNC)cc(Br)c1OCCC(C)(C)OC. The van der Waals surface area contributed by atoms with E-state index in [1.807, 2.05) is 33.9 Å². The quantitative estimate of drug-likeness (QED) is 0.728. The summed E-state index contributed by atoms with van der Waals surface area (Å²) in [5.74, 6) is 1.52. The standard InChI is InChI=1S/C16H26BrNO3/c1-6-20-14-10-12(11-18-4)9-13(17)15(14)21-8-7-16(2,3)19-5/h9-10,18H,6-8,11H2,1-5H3. The van der Waals surface area contributed by atoms with Gasteiger partial charge in [-0.3, -0.25) is 0 Å². The van der Waals surface area contributed by atoms with Gasteiger partial charge in [0.05, 0.1) is 23.3 Å². The predicted molar refractivity (Wildman–Crippen MR) is 89.3 cm³/mol. The van der Waals surface area contributed by atoms with Crippen LogP contribution in [0, 0.1) is 0 Å². The topological polar surface area (TPSA) is 39.7 Å². The highest BCUT2D eigenvalue weighted by molar-refractivity contribution is 9.10. The minimum atomic E-state index is -0.190. The molecule has 0 fully saturated rings. The number of ether oxygens (including phenoxy) is 3. The van der Waals surface area contributed by atoms with Crippen LogP contribution in [-0.2, 0) is 11.3 Å². The Morgan fingerprint density at radius 3 is 2.52 bits per heavy atom. The van der Waals surface area contributed by atoms with Crippen molar-refractivity contribution in [2.24, 2.45) is 0 Å². The van der Waals surface area contributed by atoms with Gasteiger partial charge in [-0.2, -0.15) is 0 Å². The molecule has 0 bridgehead atoms. The number of nitrogens with one attached hydrogen (secondary N) is 1. The summed E-state index contributed by atoms with van der Waals surface area (Å²) in [7, 11) is 3.64. The van der Waals surface area contributed by atoms with Crippen LogP contribution in [0.15, 0.2) is 16.6 Å². The molecule has 0 aliphatic heterocycles. The van der Waals surface area contributed by atoms with Crippen LogP contribution in [0.2, 0.25) is 0 Å². The van der Waals surface area contributed by atoms with Crippen molar-refractivity contribution in [3.8, 4) is 11.5 Å². The molecule has 0 spiro atoms. The summed E-state index contributed by atoms with van der Waals surface area (Å²) < 4.78 is 17.9. The second-order valence-corrected chi connectivity index (χ2v) is 6.28. The summed E-state index contributed by atoms with van der Waals surface area (Å²) in [4.78, 5) is 0. The van der Waals surface area contributed by atoms with Crippen LogP contribution < -0.4 is 14.8 Å². The Balaban J connectivity index is 2.84. The fourth-order valence-corrected chi connectivity index (χ4v) is 2.44. The summed E-state index contributed by atoms with van der Waals surface area (Å²) >= 11 is 3.57. The molecule has 4 nitrogen and oxygen atoms in total. The van der Waals surface area contributed by atoms with Gasteiger partial charge in [-0.25, -0.2) is 0 Å². The third-order valence-electron chi connectivity index (χ3n) is 3.25. The number of hydrogen-bond acceptors (Lipinski definition) is 4. The van der Waals surface area contributed by atoms with E-state index in [1.54, 1.807) is 7.11 Å².